The van der Waals surface area contributed by atoms with E-state index < -0.39 is 0 Å². The van der Waals surface area contributed by atoms with Crippen molar-refractivity contribution >= 4 is 16.9 Å². The first-order valence-electron chi connectivity index (χ1n) is 9.02. The predicted molar refractivity (Wildman–Crippen MR) is 104 cm³/mol. The molecule has 0 fully saturated rings. The molecule has 0 saturated heterocycles. The number of anilines is 1. The summed E-state index contributed by atoms with van der Waals surface area (Å²) in [7, 11) is 0. The summed E-state index contributed by atoms with van der Waals surface area (Å²) < 4.78 is 1.87. The Kier molecular flexibility index (Phi) is 4.75. The predicted octanol–water partition coefficient (Wildman–Crippen LogP) is 4.65. The molecule has 2 aromatic heterocycles. The molecule has 0 radical (unpaired) electrons. The summed E-state index contributed by atoms with van der Waals surface area (Å²) in [6, 6.07) is 6.87. The van der Waals surface area contributed by atoms with Crippen LogP contribution < -0.4 is 5.32 Å². The fourth-order valence-electron chi connectivity index (χ4n) is 3.46. The molecule has 3 aromatic rings. The molecular weight excluding hydrogens is 310 g/mol. The van der Waals surface area contributed by atoms with Gasteiger partial charge in [-0.3, -0.25) is 0 Å². The Balaban J connectivity index is 2.10. The summed E-state index contributed by atoms with van der Waals surface area (Å²) in [6.45, 7) is 12.8. The molecule has 0 aliphatic carbocycles. The zero-order valence-electron chi connectivity index (χ0n) is 16.0. The highest BCUT2D eigenvalue weighted by molar-refractivity contribution is 5.77. The molecule has 0 aliphatic heterocycles. The van der Waals surface area contributed by atoms with E-state index in [2.05, 4.69) is 68.4 Å². The number of aryl methyl sites for hydroxylation is 4. The lowest BCUT2D eigenvalue weighted by molar-refractivity contribution is 0.670. The van der Waals surface area contributed by atoms with E-state index >= 15 is 0 Å². The van der Waals surface area contributed by atoms with E-state index in [1.165, 1.54) is 16.7 Å². The van der Waals surface area contributed by atoms with Gasteiger partial charge in [-0.15, -0.1) is 5.10 Å². The van der Waals surface area contributed by atoms with Gasteiger partial charge >= 0.3 is 0 Å². The maximum Gasteiger partial charge on any atom is 0.184 e. The van der Waals surface area contributed by atoms with Crippen molar-refractivity contribution < 1.29 is 0 Å². The molecule has 2 heterocycles. The van der Waals surface area contributed by atoms with E-state index in [1.54, 1.807) is 0 Å². The number of aromatic nitrogens is 4. The number of fused-ring (bicyclic) bond motifs is 1. The third-order valence-electron chi connectivity index (χ3n) is 4.81. The summed E-state index contributed by atoms with van der Waals surface area (Å²) in [5.74, 6) is 0. The minimum absolute atomic E-state index is 0.453. The number of benzene rings is 1. The van der Waals surface area contributed by atoms with Crippen molar-refractivity contribution in [3.63, 3.8) is 0 Å². The molecule has 1 aromatic carbocycles. The number of nitrogens with one attached hydrogen (secondary N) is 1. The summed E-state index contributed by atoms with van der Waals surface area (Å²) in [6.07, 6.45) is 2.17. The van der Waals surface area contributed by atoms with Crippen molar-refractivity contribution in [2.75, 3.05) is 5.32 Å². The average molecular weight is 337 g/mol. The number of hydrogen-bond acceptors (Lipinski definition) is 4. The van der Waals surface area contributed by atoms with Gasteiger partial charge in [0, 0.05) is 6.04 Å². The molecule has 0 aliphatic rings. The Hall–Kier alpha value is -2.43. The maximum absolute atomic E-state index is 4.81. The van der Waals surface area contributed by atoms with Crippen molar-refractivity contribution in [2.45, 2.75) is 60.4 Å². The van der Waals surface area contributed by atoms with Gasteiger partial charge in [0.05, 0.1) is 17.1 Å². The molecule has 0 unspecified atom stereocenters. The van der Waals surface area contributed by atoms with Crippen molar-refractivity contribution in [3.8, 4) is 5.69 Å². The first-order chi connectivity index (χ1) is 11.9. The van der Waals surface area contributed by atoms with Gasteiger partial charge in [-0.05, 0) is 57.7 Å². The lowest BCUT2D eigenvalue weighted by atomic mass is 10.1. The molecule has 0 spiro atoms. The third kappa shape index (κ3) is 3.23. The molecule has 132 valence electrons. The Morgan fingerprint density at radius 1 is 1.00 bits per heavy atom. The summed E-state index contributed by atoms with van der Waals surface area (Å²) in [5, 5.41) is 12.3. The van der Waals surface area contributed by atoms with Gasteiger partial charge in [0.15, 0.2) is 5.65 Å². The number of hydrogen-bond donors (Lipinski definition) is 1. The van der Waals surface area contributed by atoms with E-state index in [1.807, 2.05) is 11.6 Å². The van der Waals surface area contributed by atoms with Crippen LogP contribution in [0.5, 0.6) is 0 Å². The molecular formula is C20H27N5. The maximum atomic E-state index is 4.81. The van der Waals surface area contributed by atoms with Crippen LogP contribution in [0.1, 0.15) is 49.1 Å². The zero-order chi connectivity index (χ0) is 18.1. The van der Waals surface area contributed by atoms with Crippen LogP contribution in [-0.2, 0) is 0 Å². The van der Waals surface area contributed by atoms with Gasteiger partial charge in [-0.2, -0.15) is 4.68 Å². The Bertz CT molecular complexity index is 883. The largest absolute Gasteiger partial charge is 0.381 e. The quantitative estimate of drug-likeness (QED) is 0.736. The first-order valence-corrected chi connectivity index (χ1v) is 9.02. The molecule has 0 amide bonds. The van der Waals surface area contributed by atoms with Crippen LogP contribution in [0, 0.1) is 27.7 Å². The first kappa shape index (κ1) is 17.4. The highest BCUT2D eigenvalue weighted by atomic mass is 15.4. The van der Waals surface area contributed by atoms with Crippen molar-refractivity contribution in [2.24, 2.45) is 0 Å². The zero-order valence-corrected chi connectivity index (χ0v) is 16.0. The van der Waals surface area contributed by atoms with Gasteiger partial charge in [-0.25, -0.2) is 4.98 Å². The third-order valence-corrected chi connectivity index (χ3v) is 4.81. The minimum atomic E-state index is 0.453. The minimum Gasteiger partial charge on any atom is -0.381 e. The molecule has 1 N–H and O–H groups in total. The van der Waals surface area contributed by atoms with Crippen LogP contribution in [0.15, 0.2) is 18.2 Å². The van der Waals surface area contributed by atoms with E-state index in [9.17, 15) is 0 Å². The monoisotopic (exact) mass is 337 g/mol. The number of nitrogens with zero attached hydrogens (tertiary/aromatic N) is 4. The van der Waals surface area contributed by atoms with Crippen LogP contribution in [0.4, 0.5) is 5.69 Å². The highest BCUT2D eigenvalue weighted by Gasteiger charge is 2.16. The molecule has 25 heavy (non-hydrogen) atoms. The van der Waals surface area contributed by atoms with Gasteiger partial charge in [-0.1, -0.05) is 36.8 Å². The van der Waals surface area contributed by atoms with Crippen molar-refractivity contribution in [1.29, 1.82) is 0 Å². The average Bonchev–Trinajstić information content (AvgIpc) is 2.94. The second-order valence-corrected chi connectivity index (χ2v) is 6.87. The number of rotatable bonds is 5. The van der Waals surface area contributed by atoms with Crippen LogP contribution in [-0.4, -0.2) is 26.0 Å². The summed E-state index contributed by atoms with van der Waals surface area (Å²) in [4.78, 5) is 4.81. The smallest absolute Gasteiger partial charge is 0.184 e. The van der Waals surface area contributed by atoms with Crippen molar-refractivity contribution in [1.82, 2.24) is 20.0 Å². The van der Waals surface area contributed by atoms with Crippen LogP contribution in [0.3, 0.4) is 0 Å². The van der Waals surface area contributed by atoms with E-state index in [0.717, 1.165) is 41.1 Å². The SMILES string of the molecule is CCC(CC)Nc1cc2nnn(-c3c(C)cc(C)cc3C)c2nc1C. The summed E-state index contributed by atoms with van der Waals surface area (Å²) in [5.41, 5.74) is 8.34. The molecule has 0 bridgehead atoms. The van der Waals surface area contributed by atoms with Crippen LogP contribution in [0.2, 0.25) is 0 Å². The molecule has 5 nitrogen and oxygen atoms in total. The second-order valence-electron chi connectivity index (χ2n) is 6.87. The topological polar surface area (TPSA) is 55.6 Å². The van der Waals surface area contributed by atoms with Crippen LogP contribution >= 0.6 is 0 Å². The Morgan fingerprint density at radius 3 is 2.24 bits per heavy atom. The van der Waals surface area contributed by atoms with Crippen molar-refractivity contribution in [3.05, 3.63) is 40.6 Å². The molecule has 0 saturated carbocycles. The van der Waals surface area contributed by atoms with E-state index in [-0.39, 0.29) is 0 Å². The Morgan fingerprint density at radius 2 is 1.64 bits per heavy atom. The standard InChI is InChI=1S/C20H27N5/c1-7-16(8-2)22-17-11-18-20(21-15(17)6)25(24-23-18)19-13(4)9-12(3)10-14(19)5/h9-11,16,22H,7-8H2,1-6H3. The summed E-state index contributed by atoms with van der Waals surface area (Å²) >= 11 is 0. The normalized spacial score (nSPS) is 11.5. The van der Waals surface area contributed by atoms with Gasteiger partial charge in [0.25, 0.3) is 0 Å². The number of pyridine rings is 1. The molecule has 3 rings (SSSR count). The van der Waals surface area contributed by atoms with E-state index in [4.69, 9.17) is 4.98 Å². The second kappa shape index (κ2) is 6.82. The fourth-order valence-corrected chi connectivity index (χ4v) is 3.46. The lowest BCUT2D eigenvalue weighted by Crippen LogP contribution is -2.18. The van der Waals surface area contributed by atoms with E-state index in [0.29, 0.717) is 6.04 Å². The van der Waals surface area contributed by atoms with Gasteiger partial charge < -0.3 is 5.32 Å². The highest BCUT2D eigenvalue weighted by Crippen LogP contribution is 2.26. The lowest BCUT2D eigenvalue weighted by Gasteiger charge is -2.17. The molecule has 5 heteroatoms. The van der Waals surface area contributed by atoms with Gasteiger partial charge in [0.1, 0.15) is 5.52 Å². The fraction of sp³-hybridized carbons (Fsp3) is 0.450. The van der Waals surface area contributed by atoms with Gasteiger partial charge in [0.2, 0.25) is 0 Å². The molecule has 0 atom stereocenters. The van der Waals surface area contributed by atoms with Crippen LogP contribution in [0.25, 0.3) is 16.9 Å². The Labute approximate surface area is 149 Å².